The van der Waals surface area contributed by atoms with Crippen molar-refractivity contribution in [1.29, 1.82) is 0 Å². The number of ether oxygens (including phenoxy) is 3. The first-order valence-corrected chi connectivity index (χ1v) is 8.58. The van der Waals surface area contributed by atoms with Gasteiger partial charge in [-0.2, -0.15) is 0 Å². The monoisotopic (exact) mass is 331 g/mol. The highest BCUT2D eigenvalue weighted by Crippen LogP contribution is 2.24. The second-order valence-electron chi connectivity index (χ2n) is 6.16. The molecule has 1 aromatic carbocycles. The lowest BCUT2D eigenvalue weighted by Gasteiger charge is -2.24. The first-order valence-electron chi connectivity index (χ1n) is 8.58. The Morgan fingerprint density at radius 2 is 2.00 bits per heavy atom. The van der Waals surface area contributed by atoms with Gasteiger partial charge < -0.3 is 19.1 Å². The molecule has 2 fully saturated rings. The van der Waals surface area contributed by atoms with E-state index in [1.165, 1.54) is 0 Å². The number of benzene rings is 1. The summed E-state index contributed by atoms with van der Waals surface area (Å²) in [5, 5.41) is 0. The van der Waals surface area contributed by atoms with Crippen LogP contribution in [0.25, 0.3) is 0 Å². The van der Waals surface area contributed by atoms with E-state index in [9.17, 15) is 4.79 Å². The number of hydrogen-bond acceptors (Lipinski definition) is 4. The van der Waals surface area contributed by atoms with Gasteiger partial charge in [-0.1, -0.05) is 24.3 Å². The minimum absolute atomic E-state index is 0.137. The molecule has 0 unspecified atom stereocenters. The van der Waals surface area contributed by atoms with Gasteiger partial charge in [0.25, 0.3) is 0 Å². The largest absolute Gasteiger partial charge is 0.497 e. The van der Waals surface area contributed by atoms with E-state index in [1.807, 2.05) is 29.2 Å². The highest BCUT2D eigenvalue weighted by molar-refractivity contribution is 5.79. The molecule has 0 spiro atoms. The smallest absolute Gasteiger partial charge is 0.223 e. The molecular formula is C19H25NO4. The van der Waals surface area contributed by atoms with E-state index in [1.54, 1.807) is 7.11 Å². The molecule has 130 valence electrons. The number of rotatable bonds is 6. The standard InChI is InChI=1S/C19H25NO4/c1-22-17-9-6-15(7-10-17)14-20-16(8-11-18(20)21)4-2-5-19-23-12-3-13-24-19/h2,4,6-7,9-10,16,19H,3,5,8,11-14H2,1H3/b4-2+/t16-/m1/s1. The topological polar surface area (TPSA) is 48.0 Å². The molecule has 0 radical (unpaired) electrons. The lowest BCUT2D eigenvalue weighted by Crippen LogP contribution is -2.31. The Bertz CT molecular complexity index is 563. The number of amides is 1. The molecule has 2 saturated heterocycles. The van der Waals surface area contributed by atoms with E-state index >= 15 is 0 Å². The van der Waals surface area contributed by atoms with Crippen LogP contribution in [0.2, 0.25) is 0 Å². The molecule has 3 rings (SSSR count). The normalized spacial score (nSPS) is 22.5. The van der Waals surface area contributed by atoms with Crippen molar-refractivity contribution < 1.29 is 19.0 Å². The Balaban J connectivity index is 1.56. The van der Waals surface area contributed by atoms with Crippen molar-refractivity contribution in [3.8, 4) is 5.75 Å². The third-order valence-electron chi connectivity index (χ3n) is 4.47. The van der Waals surface area contributed by atoms with Crippen LogP contribution in [0.3, 0.4) is 0 Å². The van der Waals surface area contributed by atoms with Crippen LogP contribution in [0.1, 0.15) is 31.2 Å². The number of likely N-dealkylation sites (tertiary alicyclic amines) is 1. The fraction of sp³-hybridized carbons (Fsp3) is 0.526. The lowest BCUT2D eigenvalue weighted by molar-refractivity contribution is -0.175. The summed E-state index contributed by atoms with van der Waals surface area (Å²) in [6.45, 7) is 2.17. The minimum Gasteiger partial charge on any atom is -0.497 e. The summed E-state index contributed by atoms with van der Waals surface area (Å²) in [6.07, 6.45) is 7.26. The molecule has 24 heavy (non-hydrogen) atoms. The second kappa shape index (κ2) is 8.31. The summed E-state index contributed by atoms with van der Waals surface area (Å²) in [7, 11) is 1.65. The van der Waals surface area contributed by atoms with Gasteiger partial charge in [-0.25, -0.2) is 0 Å². The van der Waals surface area contributed by atoms with E-state index in [4.69, 9.17) is 14.2 Å². The van der Waals surface area contributed by atoms with Crippen LogP contribution in [0.4, 0.5) is 0 Å². The molecule has 0 N–H and O–H groups in total. The highest BCUT2D eigenvalue weighted by Gasteiger charge is 2.29. The molecule has 1 amide bonds. The molecule has 2 heterocycles. The van der Waals surface area contributed by atoms with Gasteiger partial charge >= 0.3 is 0 Å². The number of methoxy groups -OCH3 is 1. The van der Waals surface area contributed by atoms with Crippen molar-refractivity contribution in [2.45, 2.75) is 44.6 Å². The zero-order chi connectivity index (χ0) is 16.8. The fourth-order valence-electron chi connectivity index (χ4n) is 3.11. The van der Waals surface area contributed by atoms with E-state index in [2.05, 4.69) is 12.2 Å². The van der Waals surface area contributed by atoms with Crippen LogP contribution in [0.5, 0.6) is 5.75 Å². The Labute approximate surface area is 143 Å². The predicted octanol–water partition coefficient (Wildman–Crippen LogP) is 2.90. The predicted molar refractivity (Wildman–Crippen MR) is 90.6 cm³/mol. The highest BCUT2D eigenvalue weighted by atomic mass is 16.7. The van der Waals surface area contributed by atoms with Crippen LogP contribution in [-0.2, 0) is 20.8 Å². The summed E-state index contributed by atoms with van der Waals surface area (Å²) >= 11 is 0. The Hall–Kier alpha value is -1.85. The van der Waals surface area contributed by atoms with Gasteiger partial charge in [0.05, 0.1) is 26.4 Å². The maximum Gasteiger partial charge on any atom is 0.223 e. The zero-order valence-corrected chi connectivity index (χ0v) is 14.1. The first-order chi connectivity index (χ1) is 11.8. The van der Waals surface area contributed by atoms with Gasteiger partial charge in [-0.3, -0.25) is 4.79 Å². The number of carbonyl (C=O) groups excluding carboxylic acids is 1. The van der Waals surface area contributed by atoms with Crippen molar-refractivity contribution in [1.82, 2.24) is 4.90 Å². The van der Waals surface area contributed by atoms with Crippen LogP contribution >= 0.6 is 0 Å². The maximum absolute atomic E-state index is 12.2. The maximum atomic E-state index is 12.2. The van der Waals surface area contributed by atoms with Crippen molar-refractivity contribution in [3.63, 3.8) is 0 Å². The minimum atomic E-state index is -0.137. The van der Waals surface area contributed by atoms with Crippen molar-refractivity contribution in [3.05, 3.63) is 42.0 Å². The molecule has 2 aliphatic heterocycles. The van der Waals surface area contributed by atoms with Crippen LogP contribution in [0, 0.1) is 0 Å². The third kappa shape index (κ3) is 4.36. The van der Waals surface area contributed by atoms with E-state index in [0.717, 1.165) is 43.8 Å². The molecule has 5 heteroatoms. The average Bonchev–Trinajstić information content (AvgIpc) is 2.97. The molecule has 0 aliphatic carbocycles. The number of carbonyl (C=O) groups is 1. The summed E-state index contributed by atoms with van der Waals surface area (Å²) in [6, 6.07) is 8.03. The van der Waals surface area contributed by atoms with Crippen LogP contribution in [0.15, 0.2) is 36.4 Å². The average molecular weight is 331 g/mol. The second-order valence-corrected chi connectivity index (χ2v) is 6.16. The quantitative estimate of drug-likeness (QED) is 0.752. The molecule has 5 nitrogen and oxygen atoms in total. The summed E-state index contributed by atoms with van der Waals surface area (Å²) < 4.78 is 16.3. The van der Waals surface area contributed by atoms with Gasteiger partial charge in [0.2, 0.25) is 5.91 Å². The van der Waals surface area contributed by atoms with Crippen LogP contribution < -0.4 is 4.74 Å². The van der Waals surface area contributed by atoms with Gasteiger partial charge in [0.15, 0.2) is 6.29 Å². The third-order valence-corrected chi connectivity index (χ3v) is 4.47. The fourth-order valence-corrected chi connectivity index (χ4v) is 3.11. The molecular weight excluding hydrogens is 306 g/mol. The summed E-state index contributed by atoms with van der Waals surface area (Å²) in [5.41, 5.74) is 1.11. The van der Waals surface area contributed by atoms with Gasteiger partial charge in [-0.05, 0) is 30.5 Å². The van der Waals surface area contributed by atoms with Gasteiger partial charge in [0, 0.05) is 19.4 Å². The number of hydrogen-bond donors (Lipinski definition) is 0. The van der Waals surface area contributed by atoms with Crippen molar-refractivity contribution in [2.75, 3.05) is 20.3 Å². The van der Waals surface area contributed by atoms with E-state index < -0.39 is 0 Å². The lowest BCUT2D eigenvalue weighted by atomic mass is 10.1. The molecule has 1 aromatic rings. The van der Waals surface area contributed by atoms with Crippen molar-refractivity contribution in [2.24, 2.45) is 0 Å². The van der Waals surface area contributed by atoms with E-state index in [-0.39, 0.29) is 18.2 Å². The van der Waals surface area contributed by atoms with E-state index in [0.29, 0.717) is 13.0 Å². The van der Waals surface area contributed by atoms with Gasteiger partial charge in [-0.15, -0.1) is 0 Å². The Morgan fingerprint density at radius 3 is 2.71 bits per heavy atom. The SMILES string of the molecule is COc1ccc(CN2C(=O)CC[C@H]2/C=C/CC2OCCCO2)cc1. The van der Waals surface area contributed by atoms with Crippen LogP contribution in [-0.4, -0.2) is 43.5 Å². The molecule has 0 saturated carbocycles. The molecule has 0 bridgehead atoms. The molecule has 0 aromatic heterocycles. The van der Waals surface area contributed by atoms with Gasteiger partial charge in [0.1, 0.15) is 5.75 Å². The van der Waals surface area contributed by atoms with Crippen molar-refractivity contribution >= 4 is 5.91 Å². The Morgan fingerprint density at radius 1 is 1.25 bits per heavy atom. The zero-order valence-electron chi connectivity index (χ0n) is 14.1. The first kappa shape index (κ1) is 17.0. The molecule has 1 atom stereocenters. The summed E-state index contributed by atoms with van der Waals surface area (Å²) in [5.74, 6) is 1.04. The number of nitrogens with zero attached hydrogens (tertiary/aromatic N) is 1. The summed E-state index contributed by atoms with van der Waals surface area (Å²) in [4.78, 5) is 14.1. The molecule has 2 aliphatic rings. The Kier molecular flexibility index (Phi) is 5.88.